The topological polar surface area (TPSA) is 47.3 Å². The van der Waals surface area contributed by atoms with Gasteiger partial charge in [0.15, 0.2) is 0 Å². The molecule has 1 aromatic heterocycles. The van der Waals surface area contributed by atoms with Gasteiger partial charge in [-0.2, -0.15) is 8.78 Å². The first-order valence-corrected chi connectivity index (χ1v) is 5.85. The third-order valence-corrected chi connectivity index (χ3v) is 2.87. The third kappa shape index (κ3) is 2.27. The third-order valence-electron chi connectivity index (χ3n) is 2.87. The van der Waals surface area contributed by atoms with Crippen LogP contribution >= 0.6 is 0 Å². The summed E-state index contributed by atoms with van der Waals surface area (Å²) in [7, 11) is 0. The molecule has 20 heavy (non-hydrogen) atoms. The molecule has 0 aliphatic carbocycles. The highest BCUT2D eigenvalue weighted by molar-refractivity contribution is 5.79. The molecule has 0 atom stereocenters. The van der Waals surface area contributed by atoms with Gasteiger partial charge in [0.1, 0.15) is 17.8 Å². The molecule has 0 spiro atoms. The standard InChI is InChI=1S/C14H10F2N2O2/c15-14(16)20-11-5-6-12-13(7-11)18(8-17-12)9-1-3-10(19)4-2-9/h1-8,14,19H. The van der Waals surface area contributed by atoms with Crippen LogP contribution in [0.5, 0.6) is 11.5 Å². The fraction of sp³-hybridized carbons (Fsp3) is 0.0714. The number of benzene rings is 2. The van der Waals surface area contributed by atoms with Crippen molar-refractivity contribution in [2.45, 2.75) is 6.61 Å². The van der Waals surface area contributed by atoms with Gasteiger partial charge in [0.2, 0.25) is 0 Å². The lowest BCUT2D eigenvalue weighted by atomic mass is 10.2. The number of ether oxygens (including phenoxy) is 1. The number of alkyl halides is 2. The first-order chi connectivity index (χ1) is 9.63. The maximum atomic E-state index is 12.2. The van der Waals surface area contributed by atoms with Gasteiger partial charge in [-0.1, -0.05) is 0 Å². The zero-order valence-corrected chi connectivity index (χ0v) is 10.2. The van der Waals surface area contributed by atoms with Gasteiger partial charge >= 0.3 is 6.61 Å². The van der Waals surface area contributed by atoms with Crippen LogP contribution in [0.15, 0.2) is 48.8 Å². The number of imidazole rings is 1. The van der Waals surface area contributed by atoms with E-state index in [1.54, 1.807) is 41.2 Å². The lowest BCUT2D eigenvalue weighted by Gasteiger charge is -2.07. The molecule has 0 fully saturated rings. The second-order valence-electron chi connectivity index (χ2n) is 4.16. The molecule has 0 saturated carbocycles. The summed E-state index contributed by atoms with van der Waals surface area (Å²) in [6.07, 6.45) is 1.59. The number of aromatic hydroxyl groups is 1. The summed E-state index contributed by atoms with van der Waals surface area (Å²) in [5, 5.41) is 9.28. The highest BCUT2D eigenvalue weighted by Crippen LogP contribution is 2.24. The monoisotopic (exact) mass is 276 g/mol. The van der Waals surface area contributed by atoms with Gasteiger partial charge in [-0.25, -0.2) is 4.98 Å². The van der Waals surface area contributed by atoms with Gasteiger partial charge < -0.3 is 9.84 Å². The lowest BCUT2D eigenvalue weighted by molar-refractivity contribution is -0.0497. The second-order valence-corrected chi connectivity index (χ2v) is 4.16. The molecular weight excluding hydrogens is 266 g/mol. The van der Waals surface area contributed by atoms with Crippen LogP contribution in [0.1, 0.15) is 0 Å². The summed E-state index contributed by atoms with van der Waals surface area (Å²) >= 11 is 0. The molecular formula is C14H10F2N2O2. The molecule has 0 aliphatic rings. The number of fused-ring (bicyclic) bond motifs is 1. The minimum absolute atomic E-state index is 0.0769. The van der Waals surface area contributed by atoms with E-state index in [2.05, 4.69) is 9.72 Å². The number of hydrogen-bond acceptors (Lipinski definition) is 3. The van der Waals surface area contributed by atoms with E-state index >= 15 is 0 Å². The number of nitrogens with zero attached hydrogens (tertiary/aromatic N) is 2. The van der Waals surface area contributed by atoms with E-state index in [0.29, 0.717) is 11.0 Å². The Morgan fingerprint density at radius 2 is 1.85 bits per heavy atom. The number of rotatable bonds is 3. The Morgan fingerprint density at radius 1 is 1.10 bits per heavy atom. The van der Waals surface area contributed by atoms with Crippen LogP contribution in [0.25, 0.3) is 16.7 Å². The molecule has 2 aromatic carbocycles. The maximum Gasteiger partial charge on any atom is 0.387 e. The van der Waals surface area contributed by atoms with E-state index in [9.17, 15) is 13.9 Å². The Kier molecular flexibility index (Phi) is 2.98. The summed E-state index contributed by atoms with van der Waals surface area (Å²) in [6, 6.07) is 11.1. The maximum absolute atomic E-state index is 12.2. The Labute approximate surface area is 112 Å². The molecule has 0 unspecified atom stereocenters. The van der Waals surface area contributed by atoms with E-state index < -0.39 is 6.61 Å². The van der Waals surface area contributed by atoms with Crippen LogP contribution in [-0.2, 0) is 0 Å². The van der Waals surface area contributed by atoms with Gasteiger partial charge in [0, 0.05) is 11.8 Å². The summed E-state index contributed by atoms with van der Waals surface area (Å²) in [5.74, 6) is 0.230. The lowest BCUT2D eigenvalue weighted by Crippen LogP contribution is -2.01. The van der Waals surface area contributed by atoms with Crippen LogP contribution in [0, 0.1) is 0 Å². The van der Waals surface area contributed by atoms with Crippen molar-refractivity contribution < 1.29 is 18.6 Å². The number of halogens is 2. The van der Waals surface area contributed by atoms with Crippen molar-refractivity contribution in [1.82, 2.24) is 9.55 Å². The van der Waals surface area contributed by atoms with E-state index in [4.69, 9.17) is 0 Å². The Morgan fingerprint density at radius 3 is 2.55 bits per heavy atom. The fourth-order valence-electron chi connectivity index (χ4n) is 1.98. The fourth-order valence-corrected chi connectivity index (χ4v) is 1.98. The highest BCUT2D eigenvalue weighted by atomic mass is 19.3. The molecule has 3 aromatic rings. The molecule has 1 heterocycles. The van der Waals surface area contributed by atoms with Gasteiger partial charge in [0.25, 0.3) is 0 Å². The summed E-state index contributed by atoms with van der Waals surface area (Å²) in [4.78, 5) is 4.20. The van der Waals surface area contributed by atoms with Gasteiger partial charge in [-0.15, -0.1) is 0 Å². The molecule has 0 saturated heterocycles. The predicted molar refractivity (Wildman–Crippen MR) is 69.4 cm³/mol. The average molecular weight is 276 g/mol. The van der Waals surface area contributed by atoms with Crippen LogP contribution in [0.4, 0.5) is 8.78 Å². The molecule has 0 bridgehead atoms. The van der Waals surface area contributed by atoms with Gasteiger partial charge in [-0.3, -0.25) is 4.57 Å². The van der Waals surface area contributed by atoms with E-state index in [1.165, 1.54) is 12.1 Å². The molecule has 3 rings (SSSR count). The minimum Gasteiger partial charge on any atom is -0.508 e. The quantitative estimate of drug-likeness (QED) is 0.798. The molecule has 1 N–H and O–H groups in total. The van der Waals surface area contributed by atoms with Crippen molar-refractivity contribution in [3.8, 4) is 17.2 Å². The van der Waals surface area contributed by atoms with Crippen molar-refractivity contribution in [3.05, 3.63) is 48.8 Å². The normalized spacial score (nSPS) is 11.2. The van der Waals surface area contributed by atoms with Crippen LogP contribution in [0.3, 0.4) is 0 Å². The number of aromatic nitrogens is 2. The van der Waals surface area contributed by atoms with Crippen LogP contribution in [0.2, 0.25) is 0 Å². The Hall–Kier alpha value is -2.63. The van der Waals surface area contributed by atoms with Crippen LogP contribution < -0.4 is 4.74 Å². The second kappa shape index (κ2) is 4.80. The van der Waals surface area contributed by atoms with Crippen molar-refractivity contribution in [2.75, 3.05) is 0 Å². The summed E-state index contributed by atoms with van der Waals surface area (Å²) in [6.45, 7) is -2.86. The van der Waals surface area contributed by atoms with Crippen molar-refractivity contribution in [2.24, 2.45) is 0 Å². The van der Waals surface area contributed by atoms with Crippen molar-refractivity contribution in [1.29, 1.82) is 0 Å². The molecule has 102 valence electrons. The number of phenolic OH excluding ortho intramolecular Hbond substituents is 1. The SMILES string of the molecule is Oc1ccc(-n2cnc3ccc(OC(F)F)cc32)cc1. The summed E-state index contributed by atoms with van der Waals surface area (Å²) < 4.78 is 30.6. The zero-order valence-electron chi connectivity index (χ0n) is 10.2. The molecule has 6 heteroatoms. The first-order valence-electron chi connectivity index (χ1n) is 5.85. The Bertz CT molecular complexity index is 739. The molecule has 0 amide bonds. The average Bonchev–Trinajstić information content (AvgIpc) is 2.82. The van der Waals surface area contributed by atoms with Gasteiger partial charge in [0.05, 0.1) is 11.0 Å². The smallest absolute Gasteiger partial charge is 0.387 e. The molecule has 0 aliphatic heterocycles. The highest BCUT2D eigenvalue weighted by Gasteiger charge is 2.09. The first kappa shape index (κ1) is 12.4. The number of hydrogen-bond donors (Lipinski definition) is 1. The summed E-state index contributed by atoms with van der Waals surface area (Å²) in [5.41, 5.74) is 2.08. The van der Waals surface area contributed by atoms with E-state index in [0.717, 1.165) is 5.69 Å². The van der Waals surface area contributed by atoms with Crippen molar-refractivity contribution >= 4 is 11.0 Å². The van der Waals surface area contributed by atoms with Gasteiger partial charge in [-0.05, 0) is 36.4 Å². The largest absolute Gasteiger partial charge is 0.508 e. The van der Waals surface area contributed by atoms with Crippen LogP contribution in [-0.4, -0.2) is 21.3 Å². The van der Waals surface area contributed by atoms with Crippen molar-refractivity contribution in [3.63, 3.8) is 0 Å². The zero-order chi connectivity index (χ0) is 14.1. The Balaban J connectivity index is 2.09. The minimum atomic E-state index is -2.86. The van der Waals surface area contributed by atoms with E-state index in [-0.39, 0.29) is 11.5 Å². The molecule has 4 nitrogen and oxygen atoms in total. The van der Waals surface area contributed by atoms with E-state index in [1.807, 2.05) is 0 Å². The molecule has 0 radical (unpaired) electrons. The number of phenols is 1. The predicted octanol–water partition coefficient (Wildman–Crippen LogP) is 3.33.